The Morgan fingerprint density at radius 3 is 2.83 bits per heavy atom. The molecule has 9 heteroatoms. The van der Waals surface area contributed by atoms with Gasteiger partial charge in [0.05, 0.1) is 6.42 Å². The van der Waals surface area contributed by atoms with E-state index in [1.807, 2.05) is 48.5 Å². The Hall–Kier alpha value is -3.17. The van der Waals surface area contributed by atoms with E-state index in [1.54, 1.807) is 12.4 Å². The van der Waals surface area contributed by atoms with Gasteiger partial charge in [-0.2, -0.15) is 0 Å². The number of carboxylic acid groups (broad SMARTS) is 1. The number of thioether (sulfide) groups is 1. The van der Waals surface area contributed by atoms with Gasteiger partial charge in [-0.15, -0.1) is 11.8 Å². The van der Waals surface area contributed by atoms with Gasteiger partial charge in [-0.25, -0.2) is 15.0 Å². The van der Waals surface area contributed by atoms with Gasteiger partial charge >= 0.3 is 5.97 Å². The van der Waals surface area contributed by atoms with E-state index < -0.39 is 5.97 Å². The number of pyridine rings is 2. The second-order valence-corrected chi connectivity index (χ2v) is 8.04. The summed E-state index contributed by atoms with van der Waals surface area (Å²) in [5.41, 5.74) is 0.811. The Bertz CT molecular complexity index is 1100. The van der Waals surface area contributed by atoms with Crippen LogP contribution in [-0.2, 0) is 4.79 Å². The van der Waals surface area contributed by atoms with Gasteiger partial charge in [0, 0.05) is 23.0 Å². The maximum absolute atomic E-state index is 10.8. The number of rotatable bonds is 8. The summed E-state index contributed by atoms with van der Waals surface area (Å²) in [7, 11) is 0. The fourth-order valence-electron chi connectivity index (χ4n) is 2.47. The van der Waals surface area contributed by atoms with Crippen LogP contribution in [-0.4, -0.2) is 31.8 Å². The number of carbonyl (C=O) groups is 1. The molecule has 0 saturated carbocycles. The average molecular weight is 425 g/mol. The molecule has 0 bridgehead atoms. The van der Waals surface area contributed by atoms with Gasteiger partial charge in [0.15, 0.2) is 16.7 Å². The number of ether oxygens (including phenoxy) is 1. The van der Waals surface area contributed by atoms with Crippen molar-refractivity contribution in [3.05, 3.63) is 60.9 Å². The van der Waals surface area contributed by atoms with Gasteiger partial charge in [0.2, 0.25) is 0 Å². The molecule has 0 spiro atoms. The number of aromatic nitrogens is 3. The van der Waals surface area contributed by atoms with Crippen LogP contribution in [0.2, 0.25) is 0 Å². The molecule has 2 N–H and O–H groups in total. The van der Waals surface area contributed by atoms with Crippen molar-refractivity contribution in [2.24, 2.45) is 0 Å². The van der Waals surface area contributed by atoms with Crippen LogP contribution >= 0.6 is 23.1 Å². The second kappa shape index (κ2) is 8.89. The zero-order valence-electron chi connectivity index (χ0n) is 15.1. The molecule has 0 aliphatic carbocycles. The highest BCUT2D eigenvalue weighted by molar-refractivity contribution is 7.99. The third-order valence-electron chi connectivity index (χ3n) is 3.78. The van der Waals surface area contributed by atoms with Crippen molar-refractivity contribution in [3.8, 4) is 11.5 Å². The summed E-state index contributed by atoms with van der Waals surface area (Å²) in [4.78, 5) is 25.7. The first kappa shape index (κ1) is 19.2. The number of nitrogens with one attached hydrogen (secondary N) is 1. The molecule has 4 aromatic rings. The molecule has 29 heavy (non-hydrogen) atoms. The molecule has 0 fully saturated rings. The number of anilines is 2. The van der Waals surface area contributed by atoms with E-state index in [2.05, 4.69) is 20.3 Å². The van der Waals surface area contributed by atoms with E-state index in [0.29, 0.717) is 28.2 Å². The number of thiazole rings is 1. The van der Waals surface area contributed by atoms with E-state index in [-0.39, 0.29) is 6.42 Å². The van der Waals surface area contributed by atoms with Gasteiger partial charge in [0.1, 0.15) is 16.1 Å². The molecule has 7 nitrogen and oxygen atoms in total. The van der Waals surface area contributed by atoms with Crippen LogP contribution in [0.5, 0.6) is 11.5 Å². The molecule has 0 unspecified atom stereocenters. The smallest absolute Gasteiger partial charge is 0.304 e. The van der Waals surface area contributed by atoms with Gasteiger partial charge in [-0.3, -0.25) is 4.79 Å². The molecule has 146 valence electrons. The molecular formula is C20H16N4O3S2. The number of fused-ring (bicyclic) bond motifs is 1. The van der Waals surface area contributed by atoms with Gasteiger partial charge in [-0.05, 0) is 30.3 Å². The van der Waals surface area contributed by atoms with Crippen molar-refractivity contribution in [2.75, 3.05) is 11.1 Å². The highest BCUT2D eigenvalue weighted by atomic mass is 32.2. The summed E-state index contributed by atoms with van der Waals surface area (Å²) >= 11 is 2.85. The Morgan fingerprint density at radius 2 is 2.03 bits per heavy atom. The SMILES string of the molecule is O=C(O)CCSc1cnc(Nc2nc3cccnc3s2)c(Oc2ccccc2)c1. The topological polar surface area (TPSA) is 97.2 Å². The Balaban J connectivity index is 1.60. The number of carboxylic acids is 1. The quantitative estimate of drug-likeness (QED) is 0.373. The van der Waals surface area contributed by atoms with Crippen LogP contribution < -0.4 is 10.1 Å². The zero-order chi connectivity index (χ0) is 20.1. The maximum Gasteiger partial charge on any atom is 0.304 e. The van der Waals surface area contributed by atoms with Crippen LogP contribution in [0.3, 0.4) is 0 Å². The van der Waals surface area contributed by atoms with Crippen molar-refractivity contribution >= 4 is 50.4 Å². The van der Waals surface area contributed by atoms with Crippen molar-refractivity contribution in [2.45, 2.75) is 11.3 Å². The first-order chi connectivity index (χ1) is 14.2. The molecule has 3 aromatic heterocycles. The first-order valence-corrected chi connectivity index (χ1v) is 10.5. The highest BCUT2D eigenvalue weighted by Crippen LogP contribution is 2.35. The number of hydrogen-bond acceptors (Lipinski definition) is 8. The van der Waals surface area contributed by atoms with Gasteiger partial charge in [-0.1, -0.05) is 29.5 Å². The van der Waals surface area contributed by atoms with Crippen LogP contribution in [0.25, 0.3) is 10.3 Å². The molecule has 3 heterocycles. The Labute approximate surface area is 174 Å². The fourth-order valence-corrected chi connectivity index (χ4v) is 4.11. The van der Waals surface area contributed by atoms with Crippen LogP contribution in [0.4, 0.5) is 10.9 Å². The van der Waals surface area contributed by atoms with E-state index in [9.17, 15) is 4.79 Å². The first-order valence-electron chi connectivity index (χ1n) is 8.73. The lowest BCUT2D eigenvalue weighted by molar-refractivity contribution is -0.136. The number of hydrogen-bond donors (Lipinski definition) is 2. The Kier molecular flexibility index (Phi) is 5.87. The van der Waals surface area contributed by atoms with Crippen LogP contribution in [0, 0.1) is 0 Å². The molecule has 0 aliphatic heterocycles. The largest absolute Gasteiger partial charge is 0.481 e. The fraction of sp³-hybridized carbons (Fsp3) is 0.100. The van der Waals surface area contributed by atoms with Crippen molar-refractivity contribution in [1.82, 2.24) is 15.0 Å². The summed E-state index contributed by atoms with van der Waals surface area (Å²) < 4.78 is 6.03. The van der Waals surface area contributed by atoms with Gasteiger partial charge in [0.25, 0.3) is 0 Å². The summed E-state index contributed by atoms with van der Waals surface area (Å²) in [5.74, 6) is 1.36. The summed E-state index contributed by atoms with van der Waals surface area (Å²) in [5, 5.41) is 12.7. The lowest BCUT2D eigenvalue weighted by Crippen LogP contribution is -1.98. The third-order valence-corrected chi connectivity index (χ3v) is 5.63. The maximum atomic E-state index is 10.8. The van der Waals surface area contributed by atoms with E-state index >= 15 is 0 Å². The number of nitrogens with zero attached hydrogens (tertiary/aromatic N) is 3. The predicted octanol–water partition coefficient (Wildman–Crippen LogP) is 5.19. The van der Waals surface area contributed by atoms with E-state index in [4.69, 9.17) is 9.84 Å². The standard InChI is InChI=1S/C20H16N4O3S2/c25-17(26)8-10-28-14-11-16(27-13-5-2-1-3-6-13)18(22-12-14)24-20-23-15-7-4-9-21-19(15)29-20/h1-7,9,11-12H,8,10H2,(H,25,26)(H,22,23,24). The van der Waals surface area contributed by atoms with Crippen LogP contribution in [0.15, 0.2) is 65.8 Å². The average Bonchev–Trinajstić information content (AvgIpc) is 3.13. The lowest BCUT2D eigenvalue weighted by atomic mass is 10.3. The highest BCUT2D eigenvalue weighted by Gasteiger charge is 2.13. The third kappa shape index (κ3) is 5.01. The molecule has 0 atom stereocenters. The number of benzene rings is 1. The minimum atomic E-state index is -0.825. The van der Waals surface area contributed by atoms with E-state index in [0.717, 1.165) is 15.2 Å². The summed E-state index contributed by atoms with van der Waals surface area (Å²) in [6, 6.07) is 15.0. The number of aliphatic carboxylic acids is 1. The molecule has 1 aromatic carbocycles. The van der Waals surface area contributed by atoms with Crippen LogP contribution in [0.1, 0.15) is 6.42 Å². The molecule has 0 amide bonds. The molecule has 4 rings (SSSR count). The van der Waals surface area contributed by atoms with Gasteiger partial charge < -0.3 is 15.2 Å². The minimum Gasteiger partial charge on any atom is -0.481 e. The molecular weight excluding hydrogens is 408 g/mol. The summed E-state index contributed by atoms with van der Waals surface area (Å²) in [6.07, 6.45) is 3.51. The normalized spacial score (nSPS) is 10.8. The minimum absolute atomic E-state index is 0.0816. The van der Waals surface area contributed by atoms with E-state index in [1.165, 1.54) is 23.1 Å². The van der Waals surface area contributed by atoms with Crippen molar-refractivity contribution in [1.29, 1.82) is 0 Å². The molecule has 0 saturated heterocycles. The molecule has 0 aliphatic rings. The zero-order valence-corrected chi connectivity index (χ0v) is 16.7. The second-order valence-electron chi connectivity index (χ2n) is 5.90. The van der Waals surface area contributed by atoms with Crippen molar-refractivity contribution < 1.29 is 14.6 Å². The van der Waals surface area contributed by atoms with Crippen molar-refractivity contribution in [3.63, 3.8) is 0 Å². The predicted molar refractivity (Wildman–Crippen MR) is 114 cm³/mol. The molecule has 0 radical (unpaired) electrons. The lowest BCUT2D eigenvalue weighted by Gasteiger charge is -2.12. The number of para-hydroxylation sites is 1. The monoisotopic (exact) mass is 424 g/mol. The Morgan fingerprint density at radius 1 is 1.17 bits per heavy atom. The summed E-state index contributed by atoms with van der Waals surface area (Å²) in [6.45, 7) is 0.